The first-order chi connectivity index (χ1) is 36.6. The number of aryl methyl sites for hydroxylation is 2. The van der Waals surface area contributed by atoms with E-state index in [0.29, 0.717) is 70.2 Å². The number of nitrogens with one attached hydrogen (secondary N) is 2. The molecule has 0 unspecified atom stereocenters. The predicted molar refractivity (Wildman–Crippen MR) is 297 cm³/mol. The number of anilines is 2. The van der Waals surface area contributed by atoms with Crippen molar-refractivity contribution < 1.29 is 47.3 Å². The Morgan fingerprint density at radius 3 is 1.55 bits per heavy atom. The number of rotatable bonds is 16. The monoisotopic (exact) mass is 1120 g/mol. The average Bonchev–Trinajstić information content (AvgIpc) is 4.34. The number of benzene rings is 3. The number of carbonyl (C=O) groups is 4. The van der Waals surface area contributed by atoms with Crippen LogP contribution in [0.1, 0.15) is 99.1 Å². The van der Waals surface area contributed by atoms with Crippen molar-refractivity contribution in [3.05, 3.63) is 130 Å². The van der Waals surface area contributed by atoms with Gasteiger partial charge in [-0.2, -0.15) is 0 Å². The van der Waals surface area contributed by atoms with Crippen molar-refractivity contribution in [2.24, 2.45) is 0 Å². The highest BCUT2D eigenvalue weighted by Crippen LogP contribution is 2.36. The number of hydrogen-bond acceptors (Lipinski definition) is 11. The number of imidazole rings is 2. The normalized spacial score (nSPS) is 13.4. The zero-order chi connectivity index (χ0) is 55.3. The molecule has 2 aliphatic carbocycles. The van der Waals surface area contributed by atoms with Crippen LogP contribution >= 0.6 is 15.9 Å². The molecule has 0 atom stereocenters. The van der Waals surface area contributed by atoms with E-state index in [9.17, 15) is 23.6 Å². The van der Waals surface area contributed by atoms with Gasteiger partial charge in [-0.25, -0.2) is 23.9 Å². The quantitative estimate of drug-likeness (QED) is 0.0940. The first-order valence-electron chi connectivity index (χ1n) is 25.5. The van der Waals surface area contributed by atoms with Crippen LogP contribution in [0.2, 0.25) is 0 Å². The number of carbonyl (C=O) groups excluding carboxylic acids is 4. The molecule has 2 fully saturated rings. The van der Waals surface area contributed by atoms with Gasteiger partial charge in [-0.3, -0.25) is 28.2 Å². The van der Waals surface area contributed by atoms with Gasteiger partial charge in [0, 0.05) is 71.4 Å². The van der Waals surface area contributed by atoms with E-state index in [1.807, 2.05) is 86.0 Å². The van der Waals surface area contributed by atoms with Gasteiger partial charge >= 0.3 is 12.2 Å². The Morgan fingerprint density at radius 2 is 1.12 bits per heavy atom. The second-order valence-electron chi connectivity index (χ2n) is 21.1. The van der Waals surface area contributed by atoms with Gasteiger partial charge in [-0.05, 0) is 151 Å². The van der Waals surface area contributed by atoms with E-state index < -0.39 is 29.2 Å². The number of pyridine rings is 2. The zero-order valence-electron chi connectivity index (χ0n) is 45.2. The second-order valence-corrected chi connectivity index (χ2v) is 22.1. The number of ether oxygens (including phenoxy) is 5. The van der Waals surface area contributed by atoms with Crippen LogP contribution in [0.25, 0.3) is 33.8 Å². The number of aromatic nitrogens is 4. The fourth-order valence-corrected chi connectivity index (χ4v) is 8.81. The van der Waals surface area contributed by atoms with Gasteiger partial charge in [-0.1, -0.05) is 18.2 Å². The summed E-state index contributed by atoms with van der Waals surface area (Å²) in [6.07, 6.45) is 10.2. The van der Waals surface area contributed by atoms with Crippen molar-refractivity contribution in [3.63, 3.8) is 0 Å². The molecular weight excluding hydrogens is 1050 g/mol. The van der Waals surface area contributed by atoms with Crippen LogP contribution in [-0.4, -0.2) is 107 Å². The van der Waals surface area contributed by atoms with E-state index in [4.69, 9.17) is 23.7 Å². The van der Waals surface area contributed by atoms with E-state index >= 15 is 0 Å². The molecule has 4 aromatic heterocycles. The van der Waals surface area contributed by atoms with Crippen molar-refractivity contribution in [1.29, 1.82) is 0 Å². The number of nitrogens with zero attached hydrogens (tertiary/aromatic N) is 6. The summed E-state index contributed by atoms with van der Waals surface area (Å²) in [5.74, 6) is 0.0914. The van der Waals surface area contributed by atoms with Crippen molar-refractivity contribution in [1.82, 2.24) is 29.4 Å². The van der Waals surface area contributed by atoms with Crippen molar-refractivity contribution >= 4 is 62.6 Å². The fraction of sp³-hybridized carbons (Fsp3) is 0.379. The maximum atomic E-state index is 14.0. The summed E-state index contributed by atoms with van der Waals surface area (Å²) in [6.45, 7) is 15.8. The Kier molecular flexibility index (Phi) is 17.0. The molecule has 0 spiro atoms. The highest BCUT2D eigenvalue weighted by molar-refractivity contribution is 9.10. The molecule has 406 valence electrons. The molecule has 4 amide bonds. The lowest BCUT2D eigenvalue weighted by molar-refractivity contribution is 0.0559. The van der Waals surface area contributed by atoms with E-state index in [2.05, 4.69) is 36.5 Å². The summed E-state index contributed by atoms with van der Waals surface area (Å²) in [5, 5.41) is 6.08. The predicted octanol–water partition coefficient (Wildman–Crippen LogP) is 11.9. The highest BCUT2D eigenvalue weighted by Gasteiger charge is 2.30. The van der Waals surface area contributed by atoms with Gasteiger partial charge in [0.1, 0.15) is 28.5 Å². The Morgan fingerprint density at radius 1 is 0.649 bits per heavy atom. The lowest BCUT2D eigenvalue weighted by Gasteiger charge is -2.28. The molecule has 17 nitrogen and oxygen atoms in total. The molecule has 4 heterocycles. The van der Waals surface area contributed by atoms with E-state index in [-0.39, 0.29) is 31.0 Å². The second kappa shape index (κ2) is 23.5. The van der Waals surface area contributed by atoms with Crippen molar-refractivity contribution in [3.8, 4) is 34.0 Å². The minimum atomic E-state index is -0.736. The SMILES string of the molecule is COCCN(C(=O)OC(C)(C)C)c1cc(Br)cn2c(-c3ccc(C(=O)NC4CC4)c(C)c3)cnc12.COCCN(C(=O)OC(C)(C)C)c1cc(Oc2cccc(F)c2)cn2c(-c3ccc(C(=O)NC4CC4)c(C)c3)cnc12. The molecule has 3 aromatic carbocycles. The van der Waals surface area contributed by atoms with Gasteiger partial charge in [-0.15, -0.1) is 0 Å². The molecule has 0 aliphatic heterocycles. The average molecular weight is 1120 g/mol. The molecule has 0 saturated heterocycles. The smallest absolute Gasteiger partial charge is 0.415 e. The number of methoxy groups -OCH3 is 2. The summed E-state index contributed by atoms with van der Waals surface area (Å²) in [6, 6.07) is 21.3. The minimum absolute atomic E-state index is 0.0362. The van der Waals surface area contributed by atoms with Crippen molar-refractivity contribution in [2.45, 2.75) is 104 Å². The lowest BCUT2D eigenvalue weighted by atomic mass is 10.0. The molecular formula is C58H66BrFN8O9. The molecule has 2 aliphatic rings. The number of fused-ring (bicyclic) bond motifs is 2. The van der Waals surface area contributed by atoms with Crippen LogP contribution in [-0.2, 0) is 18.9 Å². The molecule has 2 saturated carbocycles. The summed E-state index contributed by atoms with van der Waals surface area (Å²) >= 11 is 3.58. The van der Waals surface area contributed by atoms with Gasteiger partial charge in [0.25, 0.3) is 11.8 Å². The summed E-state index contributed by atoms with van der Waals surface area (Å²) in [5.41, 5.74) is 7.04. The van der Waals surface area contributed by atoms with Crippen LogP contribution in [0, 0.1) is 19.7 Å². The van der Waals surface area contributed by atoms with Gasteiger partial charge in [0.2, 0.25) is 0 Å². The van der Waals surface area contributed by atoms with Crippen LogP contribution in [0.5, 0.6) is 11.5 Å². The van der Waals surface area contributed by atoms with Crippen LogP contribution in [0.4, 0.5) is 25.4 Å². The van der Waals surface area contributed by atoms with Gasteiger partial charge in [0.15, 0.2) is 11.3 Å². The molecule has 7 aromatic rings. The molecule has 2 N–H and O–H groups in total. The first kappa shape index (κ1) is 55.9. The van der Waals surface area contributed by atoms with Gasteiger partial charge < -0.3 is 34.3 Å². The third-order valence-electron chi connectivity index (χ3n) is 12.4. The van der Waals surface area contributed by atoms with Gasteiger partial charge in [0.05, 0.1) is 67.7 Å². The number of amides is 4. The number of halogens is 2. The minimum Gasteiger partial charge on any atom is -0.456 e. The number of hydrogen-bond donors (Lipinski definition) is 2. The fourth-order valence-electron chi connectivity index (χ4n) is 8.39. The van der Waals surface area contributed by atoms with Crippen LogP contribution in [0.15, 0.2) is 102 Å². The third-order valence-corrected chi connectivity index (χ3v) is 12.8. The molecule has 77 heavy (non-hydrogen) atoms. The molecule has 0 radical (unpaired) electrons. The van der Waals surface area contributed by atoms with Crippen LogP contribution in [0.3, 0.4) is 0 Å². The lowest BCUT2D eigenvalue weighted by Crippen LogP contribution is -2.39. The Bertz CT molecular complexity index is 3320. The van der Waals surface area contributed by atoms with Crippen molar-refractivity contribution in [2.75, 3.05) is 50.3 Å². The topological polar surface area (TPSA) is 180 Å². The maximum Gasteiger partial charge on any atom is 0.415 e. The Balaban J connectivity index is 0.000000207. The largest absolute Gasteiger partial charge is 0.456 e. The zero-order valence-corrected chi connectivity index (χ0v) is 46.7. The first-order valence-corrected chi connectivity index (χ1v) is 26.3. The molecule has 19 heteroatoms. The molecule has 9 rings (SSSR count). The third kappa shape index (κ3) is 14.2. The summed E-state index contributed by atoms with van der Waals surface area (Å²) < 4.78 is 46.5. The maximum absolute atomic E-state index is 14.0. The van der Waals surface area contributed by atoms with E-state index in [0.717, 1.165) is 58.1 Å². The molecule has 0 bridgehead atoms. The van der Waals surface area contributed by atoms with E-state index in [1.165, 1.54) is 17.0 Å². The van der Waals surface area contributed by atoms with Crippen LogP contribution < -0.4 is 25.2 Å². The standard InChI is InChI=1S/C32H35FN4O5.C26H31BrN4O4/c1-20-15-21(9-12-26(20)30(38)35-23-10-11-23)28-18-34-29-27(36(13-14-40-5)31(39)42-32(2,3)4)17-25(19-37(28)29)41-24-8-6-7-22(33)16-24;1-16-12-17(6-9-20(16)24(32)29-19-7-8-19)22-14-28-23-21(13-18(27)15-31(22)23)30(10-11-34-5)25(33)35-26(2,3)4/h6-9,12,15-19,23H,10-11,13-14H2,1-5H3,(H,35,38);6,9,12-15,19H,7-8,10-11H2,1-5H3,(H,29,32). The summed E-state index contributed by atoms with van der Waals surface area (Å²) in [7, 11) is 3.14. The summed E-state index contributed by atoms with van der Waals surface area (Å²) in [4.78, 5) is 64.1. The van der Waals surface area contributed by atoms with E-state index in [1.54, 1.807) is 82.7 Å². The Hall–Kier alpha value is -7.35. The Labute approximate surface area is 456 Å². The highest BCUT2D eigenvalue weighted by atomic mass is 79.9.